The number of hydrogen-bond donors (Lipinski definition) is 2. The first kappa shape index (κ1) is 22.6. The average Bonchev–Trinajstić information content (AvgIpc) is 3.24. The number of urea groups is 1. The Morgan fingerprint density at radius 3 is 2.64 bits per heavy atom. The van der Waals surface area contributed by atoms with Crippen LogP contribution >= 0.6 is 11.8 Å². The van der Waals surface area contributed by atoms with Crippen molar-refractivity contribution < 1.29 is 18.7 Å². The number of thioether (sulfide) groups is 1. The number of hydrogen-bond acceptors (Lipinski definition) is 7. The molecule has 0 aliphatic carbocycles. The molecule has 0 saturated heterocycles. The number of carbonyl (C=O) groups is 2. The first-order valence-electron chi connectivity index (χ1n) is 10.5. The van der Waals surface area contributed by atoms with Gasteiger partial charge in [-0.1, -0.05) is 42.1 Å². The summed E-state index contributed by atoms with van der Waals surface area (Å²) in [5.41, 5.74) is 3.36. The van der Waals surface area contributed by atoms with Crippen LogP contribution < -0.4 is 10.6 Å². The number of ether oxygens (including phenoxy) is 1. The number of furan rings is 1. The van der Waals surface area contributed by atoms with Crippen LogP contribution in [0.1, 0.15) is 30.2 Å². The molecule has 0 saturated carbocycles. The van der Waals surface area contributed by atoms with Gasteiger partial charge in [0, 0.05) is 22.7 Å². The van der Waals surface area contributed by atoms with Crippen LogP contribution in [0.25, 0.3) is 11.3 Å². The smallest absolute Gasteiger partial charge is 0.338 e. The zero-order valence-corrected chi connectivity index (χ0v) is 19.4. The van der Waals surface area contributed by atoms with Gasteiger partial charge < -0.3 is 19.8 Å². The number of esters is 1. The first-order chi connectivity index (χ1) is 15.9. The van der Waals surface area contributed by atoms with Crippen LogP contribution in [-0.4, -0.2) is 34.3 Å². The molecule has 0 bridgehead atoms. The number of rotatable bonds is 7. The number of aromatic nitrogens is 2. The lowest BCUT2D eigenvalue weighted by atomic mass is 10.0. The average molecular weight is 465 g/mol. The van der Waals surface area contributed by atoms with E-state index in [0.717, 1.165) is 17.0 Å². The number of nitrogens with one attached hydrogen (secondary N) is 2. The molecule has 0 radical (unpaired) electrons. The number of benzene rings is 1. The molecule has 4 rings (SSSR count). The molecule has 8 nitrogen and oxygen atoms in total. The van der Waals surface area contributed by atoms with Crippen molar-refractivity contribution in [2.75, 3.05) is 12.4 Å². The summed E-state index contributed by atoms with van der Waals surface area (Å²) in [6, 6.07) is 14.1. The third-order valence-corrected chi connectivity index (χ3v) is 5.82. The molecule has 1 aliphatic heterocycles. The zero-order chi connectivity index (χ0) is 23.4. The van der Waals surface area contributed by atoms with Crippen molar-refractivity contribution >= 4 is 23.8 Å². The second-order valence-electron chi connectivity index (χ2n) is 7.42. The Labute approximate surface area is 195 Å². The van der Waals surface area contributed by atoms with Crippen LogP contribution in [0.5, 0.6) is 0 Å². The Kier molecular flexibility index (Phi) is 6.79. The van der Waals surface area contributed by atoms with Gasteiger partial charge in [0.25, 0.3) is 0 Å². The van der Waals surface area contributed by atoms with Crippen LogP contribution in [0.3, 0.4) is 0 Å². The highest BCUT2D eigenvalue weighted by Crippen LogP contribution is 2.31. The molecule has 1 aliphatic rings. The van der Waals surface area contributed by atoms with Crippen molar-refractivity contribution in [3.05, 3.63) is 77.0 Å². The van der Waals surface area contributed by atoms with Crippen molar-refractivity contribution in [2.45, 2.75) is 32.0 Å². The molecule has 9 heteroatoms. The molecular weight excluding hydrogens is 440 g/mol. The van der Waals surface area contributed by atoms with E-state index >= 15 is 0 Å². The van der Waals surface area contributed by atoms with Crippen molar-refractivity contribution in [3.63, 3.8) is 0 Å². The second-order valence-corrected chi connectivity index (χ2v) is 8.37. The van der Waals surface area contributed by atoms with Crippen molar-refractivity contribution in [2.24, 2.45) is 0 Å². The van der Waals surface area contributed by atoms with Crippen LogP contribution in [0.4, 0.5) is 4.79 Å². The fourth-order valence-corrected chi connectivity index (χ4v) is 4.38. The van der Waals surface area contributed by atoms with Crippen molar-refractivity contribution in [3.8, 4) is 11.3 Å². The molecule has 2 N–H and O–H groups in total. The summed E-state index contributed by atoms with van der Waals surface area (Å²) in [4.78, 5) is 34.4. The third-order valence-electron chi connectivity index (χ3n) is 4.94. The van der Waals surface area contributed by atoms with E-state index in [1.807, 2.05) is 43.3 Å². The highest BCUT2D eigenvalue weighted by Gasteiger charge is 2.35. The normalized spacial score (nSPS) is 15.7. The zero-order valence-electron chi connectivity index (χ0n) is 18.5. The number of nitrogens with zero attached hydrogens (tertiary/aromatic N) is 2. The molecule has 1 atom stereocenters. The molecule has 1 aromatic carbocycles. The molecule has 1 unspecified atom stereocenters. The quantitative estimate of drug-likeness (QED) is 0.305. The number of amides is 2. The van der Waals surface area contributed by atoms with E-state index in [-0.39, 0.29) is 12.4 Å². The van der Waals surface area contributed by atoms with Crippen molar-refractivity contribution in [1.82, 2.24) is 20.6 Å². The minimum atomic E-state index is -0.750. The van der Waals surface area contributed by atoms with E-state index in [0.29, 0.717) is 27.9 Å². The second kappa shape index (κ2) is 9.91. The standard InChI is InChI=1S/C24H24N4O4S/c1-4-31-22(29)20-18(26-23(30)28-21(20)19-11-10-15(3)32-19)13-33-24-25-14(2)12-17(27-24)16-8-6-5-7-9-16/h5-12,21H,4,13H2,1-3H3,(H2,26,28,30). The molecule has 2 amide bonds. The molecule has 0 spiro atoms. The molecule has 2 aromatic heterocycles. The maximum atomic E-state index is 12.9. The van der Waals surface area contributed by atoms with E-state index in [4.69, 9.17) is 9.15 Å². The Hall–Kier alpha value is -3.59. The van der Waals surface area contributed by atoms with E-state index in [2.05, 4.69) is 20.6 Å². The first-order valence-corrected chi connectivity index (χ1v) is 11.5. The molecule has 33 heavy (non-hydrogen) atoms. The van der Waals surface area contributed by atoms with Gasteiger partial charge >= 0.3 is 12.0 Å². The molecule has 3 aromatic rings. The summed E-state index contributed by atoms with van der Waals surface area (Å²) in [6.45, 7) is 5.65. The van der Waals surface area contributed by atoms with E-state index in [1.54, 1.807) is 26.0 Å². The van der Waals surface area contributed by atoms with Crippen LogP contribution in [0, 0.1) is 13.8 Å². The SMILES string of the molecule is CCOC(=O)C1=C(CSc2nc(C)cc(-c3ccccc3)n2)NC(=O)NC1c1ccc(C)o1. The van der Waals surface area contributed by atoms with E-state index < -0.39 is 18.0 Å². The fourth-order valence-electron chi connectivity index (χ4n) is 3.50. The van der Waals surface area contributed by atoms with Crippen molar-refractivity contribution in [1.29, 1.82) is 0 Å². The van der Waals surface area contributed by atoms with Gasteiger partial charge in [-0.15, -0.1) is 0 Å². The van der Waals surface area contributed by atoms with Gasteiger partial charge in [-0.05, 0) is 39.0 Å². The summed E-state index contributed by atoms with van der Waals surface area (Å²) in [7, 11) is 0. The van der Waals surface area contributed by atoms with Gasteiger partial charge in [0.05, 0.1) is 17.9 Å². The highest BCUT2D eigenvalue weighted by molar-refractivity contribution is 7.99. The maximum absolute atomic E-state index is 12.9. The summed E-state index contributed by atoms with van der Waals surface area (Å²) in [5, 5.41) is 6.06. The number of carbonyl (C=O) groups excluding carboxylic acids is 2. The predicted octanol–water partition coefficient (Wildman–Crippen LogP) is 4.32. The topological polar surface area (TPSA) is 106 Å². The Morgan fingerprint density at radius 1 is 1.15 bits per heavy atom. The third kappa shape index (κ3) is 5.25. The predicted molar refractivity (Wildman–Crippen MR) is 124 cm³/mol. The van der Waals surface area contributed by atoms with Gasteiger partial charge in [0.15, 0.2) is 5.16 Å². The minimum Gasteiger partial charge on any atom is -0.464 e. The van der Waals surface area contributed by atoms with Crippen LogP contribution in [-0.2, 0) is 9.53 Å². The Morgan fingerprint density at radius 2 is 1.94 bits per heavy atom. The lowest BCUT2D eigenvalue weighted by molar-refractivity contribution is -0.139. The Balaban J connectivity index is 1.66. The highest BCUT2D eigenvalue weighted by atomic mass is 32.2. The molecular formula is C24H24N4O4S. The maximum Gasteiger partial charge on any atom is 0.338 e. The summed E-state index contributed by atoms with van der Waals surface area (Å²) >= 11 is 1.33. The fraction of sp³-hybridized carbons (Fsp3) is 0.250. The molecule has 170 valence electrons. The van der Waals surface area contributed by atoms with Gasteiger partial charge in [0.2, 0.25) is 0 Å². The summed E-state index contributed by atoms with van der Waals surface area (Å²) in [5.74, 6) is 0.898. The van der Waals surface area contributed by atoms with Crippen LogP contribution in [0.15, 0.2) is 69.4 Å². The van der Waals surface area contributed by atoms with Gasteiger partial charge in [-0.3, -0.25) is 0 Å². The van der Waals surface area contributed by atoms with Gasteiger partial charge in [-0.2, -0.15) is 0 Å². The summed E-state index contributed by atoms with van der Waals surface area (Å²) < 4.78 is 11.0. The largest absolute Gasteiger partial charge is 0.464 e. The van der Waals surface area contributed by atoms with E-state index in [1.165, 1.54) is 11.8 Å². The van der Waals surface area contributed by atoms with Crippen LogP contribution in [0.2, 0.25) is 0 Å². The van der Waals surface area contributed by atoms with E-state index in [9.17, 15) is 9.59 Å². The van der Waals surface area contributed by atoms with Gasteiger partial charge in [0.1, 0.15) is 17.6 Å². The molecule has 3 heterocycles. The summed E-state index contributed by atoms with van der Waals surface area (Å²) in [6.07, 6.45) is 0. The lowest BCUT2D eigenvalue weighted by Crippen LogP contribution is -2.46. The van der Waals surface area contributed by atoms with Gasteiger partial charge in [-0.25, -0.2) is 19.6 Å². The molecule has 0 fully saturated rings. The Bertz CT molecular complexity index is 1210. The number of aryl methyl sites for hydroxylation is 2. The minimum absolute atomic E-state index is 0.210. The lowest BCUT2D eigenvalue weighted by Gasteiger charge is -2.27. The monoisotopic (exact) mass is 464 g/mol.